The number of nitrogens with zero attached hydrogens (tertiary/aromatic N) is 2. The summed E-state index contributed by atoms with van der Waals surface area (Å²) in [6, 6.07) is 5.47. The molecule has 0 aliphatic carbocycles. The molecule has 0 bridgehead atoms. The van der Waals surface area contributed by atoms with Crippen LogP contribution >= 0.6 is 34.8 Å². The van der Waals surface area contributed by atoms with Gasteiger partial charge in [-0.3, -0.25) is 0 Å². The molecule has 0 amide bonds. The Kier molecular flexibility index (Phi) is 4.21. The normalized spacial score (nSPS) is 11.2. The zero-order valence-corrected chi connectivity index (χ0v) is 12.4. The quantitative estimate of drug-likeness (QED) is 0.726. The van der Waals surface area contributed by atoms with E-state index in [1.807, 2.05) is 10.7 Å². The van der Waals surface area contributed by atoms with Gasteiger partial charge in [0.05, 0.1) is 33.5 Å². The number of hydrogen-bond donors (Lipinski definition) is 0. The molecule has 96 valence electrons. The van der Waals surface area contributed by atoms with Crippen LogP contribution in [-0.2, 0) is 5.88 Å². The number of benzene rings is 1. The standard InChI is InChI=1S/C13H13Cl3N2/c1-8(2)13-9(6-14)7-17-18(13)10-3-4-11(15)12(16)5-10/h3-5,7-8H,6H2,1-2H3. The highest BCUT2D eigenvalue weighted by atomic mass is 35.5. The molecule has 18 heavy (non-hydrogen) atoms. The minimum atomic E-state index is 0.329. The van der Waals surface area contributed by atoms with Crippen molar-refractivity contribution in [3.8, 4) is 5.69 Å². The third-order valence-electron chi connectivity index (χ3n) is 2.72. The molecule has 5 heteroatoms. The van der Waals surface area contributed by atoms with Crippen molar-refractivity contribution in [2.24, 2.45) is 0 Å². The Morgan fingerprint density at radius 2 is 1.94 bits per heavy atom. The third kappa shape index (κ3) is 2.51. The average molecular weight is 304 g/mol. The summed E-state index contributed by atoms with van der Waals surface area (Å²) in [5.74, 6) is 0.783. The van der Waals surface area contributed by atoms with E-state index in [1.54, 1.807) is 18.3 Å². The zero-order chi connectivity index (χ0) is 13.3. The first-order valence-corrected chi connectivity index (χ1v) is 6.91. The highest BCUT2D eigenvalue weighted by Crippen LogP contribution is 2.28. The van der Waals surface area contributed by atoms with E-state index in [1.165, 1.54) is 0 Å². The lowest BCUT2D eigenvalue weighted by atomic mass is 10.1. The fraction of sp³-hybridized carbons (Fsp3) is 0.308. The molecule has 0 atom stereocenters. The molecular formula is C13H13Cl3N2. The van der Waals surface area contributed by atoms with Crippen LogP contribution in [0.4, 0.5) is 0 Å². The highest BCUT2D eigenvalue weighted by molar-refractivity contribution is 6.42. The van der Waals surface area contributed by atoms with Gasteiger partial charge in [0.25, 0.3) is 0 Å². The van der Waals surface area contributed by atoms with Crippen LogP contribution in [0.1, 0.15) is 31.0 Å². The first-order chi connectivity index (χ1) is 8.54. The van der Waals surface area contributed by atoms with Crippen molar-refractivity contribution >= 4 is 34.8 Å². The lowest BCUT2D eigenvalue weighted by molar-refractivity contribution is 0.729. The fourth-order valence-corrected chi connectivity index (χ4v) is 2.43. The van der Waals surface area contributed by atoms with Gasteiger partial charge in [-0.1, -0.05) is 37.0 Å². The molecule has 0 aliphatic heterocycles. The molecule has 1 aromatic carbocycles. The summed E-state index contributed by atoms with van der Waals surface area (Å²) >= 11 is 17.9. The number of aromatic nitrogens is 2. The fourth-order valence-electron chi connectivity index (χ4n) is 1.93. The highest BCUT2D eigenvalue weighted by Gasteiger charge is 2.15. The first kappa shape index (κ1) is 13.7. The second kappa shape index (κ2) is 5.52. The van der Waals surface area contributed by atoms with Gasteiger partial charge in [0.2, 0.25) is 0 Å². The smallest absolute Gasteiger partial charge is 0.0664 e. The van der Waals surface area contributed by atoms with Gasteiger partial charge in [0.1, 0.15) is 0 Å². The Balaban J connectivity index is 2.56. The Labute approximate surface area is 121 Å². The zero-order valence-electron chi connectivity index (χ0n) is 10.1. The van der Waals surface area contributed by atoms with Crippen LogP contribution in [0.25, 0.3) is 5.69 Å². The van der Waals surface area contributed by atoms with Gasteiger partial charge in [-0.15, -0.1) is 11.6 Å². The third-order valence-corrected chi connectivity index (χ3v) is 3.75. The topological polar surface area (TPSA) is 17.8 Å². The SMILES string of the molecule is CC(C)c1c(CCl)cnn1-c1ccc(Cl)c(Cl)c1. The summed E-state index contributed by atoms with van der Waals surface area (Å²) in [6.45, 7) is 4.22. The minimum absolute atomic E-state index is 0.329. The Bertz CT molecular complexity index is 561. The largest absolute Gasteiger partial charge is 0.237 e. The van der Waals surface area contributed by atoms with Crippen LogP contribution in [0.5, 0.6) is 0 Å². The Hall–Kier alpha value is -0.700. The van der Waals surface area contributed by atoms with E-state index < -0.39 is 0 Å². The molecular weight excluding hydrogens is 291 g/mol. The lowest BCUT2D eigenvalue weighted by Crippen LogP contribution is -2.05. The molecule has 2 rings (SSSR count). The minimum Gasteiger partial charge on any atom is -0.237 e. The van der Waals surface area contributed by atoms with Crippen LogP contribution in [0.2, 0.25) is 10.0 Å². The monoisotopic (exact) mass is 302 g/mol. The molecule has 1 aromatic heterocycles. The predicted octanol–water partition coefficient (Wildman–Crippen LogP) is 5.04. The van der Waals surface area contributed by atoms with Gasteiger partial charge in [-0.2, -0.15) is 5.10 Å². The van der Waals surface area contributed by atoms with Gasteiger partial charge in [-0.05, 0) is 24.1 Å². The van der Waals surface area contributed by atoms with E-state index >= 15 is 0 Å². The van der Waals surface area contributed by atoms with Crippen molar-refractivity contribution in [1.29, 1.82) is 0 Å². The molecule has 2 nitrogen and oxygen atoms in total. The van der Waals surface area contributed by atoms with Crippen LogP contribution in [0.15, 0.2) is 24.4 Å². The van der Waals surface area contributed by atoms with Crippen molar-refractivity contribution in [2.75, 3.05) is 0 Å². The van der Waals surface area contributed by atoms with Crippen molar-refractivity contribution in [3.63, 3.8) is 0 Å². The van der Waals surface area contributed by atoms with Gasteiger partial charge in [0.15, 0.2) is 0 Å². The van der Waals surface area contributed by atoms with Crippen molar-refractivity contribution in [3.05, 3.63) is 45.7 Å². The summed E-state index contributed by atoms with van der Waals surface area (Å²) < 4.78 is 1.87. The average Bonchev–Trinajstić information content (AvgIpc) is 2.76. The van der Waals surface area contributed by atoms with E-state index in [4.69, 9.17) is 34.8 Å². The lowest BCUT2D eigenvalue weighted by Gasteiger charge is -2.12. The maximum atomic E-state index is 6.04. The molecule has 2 aromatic rings. The second-order valence-corrected chi connectivity index (χ2v) is 5.44. The number of hydrogen-bond acceptors (Lipinski definition) is 1. The van der Waals surface area contributed by atoms with E-state index in [9.17, 15) is 0 Å². The molecule has 0 fully saturated rings. The van der Waals surface area contributed by atoms with Crippen LogP contribution in [0, 0.1) is 0 Å². The van der Waals surface area contributed by atoms with Crippen LogP contribution < -0.4 is 0 Å². The summed E-state index contributed by atoms with van der Waals surface area (Å²) in [4.78, 5) is 0. The van der Waals surface area contributed by atoms with Crippen molar-refractivity contribution in [2.45, 2.75) is 25.6 Å². The summed E-state index contributed by atoms with van der Waals surface area (Å²) in [6.07, 6.45) is 1.80. The molecule has 0 saturated heterocycles. The predicted molar refractivity (Wildman–Crippen MR) is 77.2 cm³/mol. The Morgan fingerprint density at radius 1 is 1.22 bits per heavy atom. The van der Waals surface area contributed by atoms with Gasteiger partial charge in [-0.25, -0.2) is 4.68 Å². The molecule has 0 N–H and O–H groups in total. The van der Waals surface area contributed by atoms with E-state index in [0.717, 1.165) is 16.9 Å². The first-order valence-electron chi connectivity index (χ1n) is 5.62. The van der Waals surface area contributed by atoms with Gasteiger partial charge in [0, 0.05) is 5.56 Å². The second-order valence-electron chi connectivity index (χ2n) is 4.35. The van der Waals surface area contributed by atoms with E-state index in [2.05, 4.69) is 18.9 Å². The van der Waals surface area contributed by atoms with Crippen LogP contribution in [-0.4, -0.2) is 9.78 Å². The van der Waals surface area contributed by atoms with Gasteiger partial charge < -0.3 is 0 Å². The van der Waals surface area contributed by atoms with Gasteiger partial charge >= 0.3 is 0 Å². The summed E-state index contributed by atoms with van der Waals surface area (Å²) in [7, 11) is 0. The number of rotatable bonds is 3. The number of halogens is 3. The molecule has 0 radical (unpaired) electrons. The van der Waals surface area contributed by atoms with E-state index in [-0.39, 0.29) is 0 Å². The molecule has 0 unspecified atom stereocenters. The van der Waals surface area contributed by atoms with Crippen molar-refractivity contribution < 1.29 is 0 Å². The molecule has 1 heterocycles. The van der Waals surface area contributed by atoms with Crippen molar-refractivity contribution in [1.82, 2.24) is 9.78 Å². The maximum Gasteiger partial charge on any atom is 0.0664 e. The maximum absolute atomic E-state index is 6.04. The molecule has 0 aliphatic rings. The Morgan fingerprint density at radius 3 is 2.50 bits per heavy atom. The van der Waals surface area contributed by atoms with E-state index in [0.29, 0.717) is 21.8 Å². The summed E-state index contributed by atoms with van der Waals surface area (Å²) in [5, 5.41) is 5.44. The number of alkyl halides is 1. The van der Waals surface area contributed by atoms with Crippen LogP contribution in [0.3, 0.4) is 0 Å². The summed E-state index contributed by atoms with van der Waals surface area (Å²) in [5.41, 5.74) is 3.03. The molecule has 0 saturated carbocycles. The molecule has 0 spiro atoms.